The number of para-hydroxylation sites is 1. The van der Waals surface area contributed by atoms with Crippen LogP contribution in [0.2, 0.25) is 0 Å². The molecule has 190 valence electrons. The van der Waals surface area contributed by atoms with Crippen LogP contribution in [0.5, 0.6) is 0 Å². The van der Waals surface area contributed by atoms with Gasteiger partial charge in [0.1, 0.15) is 0 Å². The van der Waals surface area contributed by atoms with Gasteiger partial charge in [0.15, 0.2) is 0 Å². The van der Waals surface area contributed by atoms with Gasteiger partial charge in [-0.3, -0.25) is 14.5 Å². The topological polar surface area (TPSA) is 55.9 Å². The number of amides is 2. The molecule has 1 N–H and O–H groups in total. The zero-order chi connectivity index (χ0) is 24.7. The van der Waals surface area contributed by atoms with Crippen LogP contribution in [0.1, 0.15) is 54.4 Å². The lowest BCUT2D eigenvalue weighted by Gasteiger charge is -2.39. The number of rotatable bonds is 6. The number of nitrogens with zero attached hydrogens (tertiary/aromatic N) is 3. The van der Waals surface area contributed by atoms with E-state index in [1.165, 1.54) is 25.7 Å². The molecule has 0 aromatic heterocycles. The highest BCUT2D eigenvalue weighted by Gasteiger charge is 2.30. The summed E-state index contributed by atoms with van der Waals surface area (Å²) in [4.78, 5) is 32.8. The lowest BCUT2D eigenvalue weighted by atomic mass is 10.0. The Hall–Kier alpha value is -3.12. The molecule has 2 heterocycles. The Morgan fingerprint density at radius 2 is 1.44 bits per heavy atom. The summed E-state index contributed by atoms with van der Waals surface area (Å²) in [6.07, 6.45) is 10.5. The van der Waals surface area contributed by atoms with Gasteiger partial charge in [0, 0.05) is 63.1 Å². The van der Waals surface area contributed by atoms with Crippen molar-refractivity contribution in [1.29, 1.82) is 0 Å². The minimum Gasteiger partial charge on any atom is -0.371 e. The van der Waals surface area contributed by atoms with Crippen LogP contribution in [0.15, 0.2) is 60.7 Å². The molecule has 2 aromatic carbocycles. The van der Waals surface area contributed by atoms with Crippen molar-refractivity contribution in [2.24, 2.45) is 0 Å². The number of piperidine rings is 1. The first-order valence-electron chi connectivity index (χ1n) is 13.6. The van der Waals surface area contributed by atoms with Crippen LogP contribution in [-0.4, -0.2) is 73.0 Å². The van der Waals surface area contributed by atoms with E-state index in [-0.39, 0.29) is 17.9 Å². The van der Waals surface area contributed by atoms with Crippen molar-refractivity contribution in [1.82, 2.24) is 15.1 Å². The molecule has 3 fully saturated rings. The molecule has 1 saturated carbocycles. The summed E-state index contributed by atoms with van der Waals surface area (Å²) < 4.78 is 0. The molecular weight excluding hydrogens is 448 g/mol. The van der Waals surface area contributed by atoms with Crippen molar-refractivity contribution in [3.05, 3.63) is 71.8 Å². The fourth-order valence-corrected chi connectivity index (χ4v) is 5.91. The van der Waals surface area contributed by atoms with Crippen LogP contribution in [0.3, 0.4) is 0 Å². The highest BCUT2D eigenvalue weighted by molar-refractivity contribution is 6.00. The quantitative estimate of drug-likeness (QED) is 0.623. The predicted molar refractivity (Wildman–Crippen MR) is 145 cm³/mol. The van der Waals surface area contributed by atoms with Gasteiger partial charge in [0.2, 0.25) is 5.91 Å². The summed E-state index contributed by atoms with van der Waals surface area (Å²) in [5.74, 6) is 0.0998. The van der Waals surface area contributed by atoms with Crippen LogP contribution in [-0.2, 0) is 4.79 Å². The first-order chi connectivity index (χ1) is 17.7. The number of anilines is 1. The fourth-order valence-electron chi connectivity index (χ4n) is 5.91. The third-order valence-corrected chi connectivity index (χ3v) is 7.99. The van der Waals surface area contributed by atoms with E-state index in [9.17, 15) is 9.59 Å². The number of benzene rings is 2. The number of carbonyl (C=O) groups is 2. The van der Waals surface area contributed by atoms with Gasteiger partial charge in [0.05, 0.1) is 5.56 Å². The molecule has 2 aliphatic heterocycles. The van der Waals surface area contributed by atoms with Gasteiger partial charge >= 0.3 is 0 Å². The summed E-state index contributed by atoms with van der Waals surface area (Å²) in [5.41, 5.74) is 2.85. The minimum atomic E-state index is -0.0513. The van der Waals surface area contributed by atoms with Crippen molar-refractivity contribution in [3.8, 4) is 0 Å². The Kier molecular flexibility index (Phi) is 8.01. The van der Waals surface area contributed by atoms with E-state index in [1.54, 1.807) is 6.08 Å². The largest absolute Gasteiger partial charge is 0.371 e. The first kappa shape index (κ1) is 24.6. The van der Waals surface area contributed by atoms with Gasteiger partial charge in [-0.2, -0.15) is 0 Å². The summed E-state index contributed by atoms with van der Waals surface area (Å²) >= 11 is 0. The first-order valence-corrected chi connectivity index (χ1v) is 13.6. The van der Waals surface area contributed by atoms with Gasteiger partial charge < -0.3 is 15.1 Å². The average molecular weight is 487 g/mol. The van der Waals surface area contributed by atoms with Crippen LogP contribution < -0.4 is 10.2 Å². The molecule has 2 saturated heterocycles. The highest BCUT2D eigenvalue weighted by atomic mass is 16.2. The number of nitrogens with one attached hydrogen (secondary N) is 1. The molecule has 0 unspecified atom stereocenters. The van der Waals surface area contributed by atoms with E-state index in [4.69, 9.17) is 0 Å². The van der Waals surface area contributed by atoms with E-state index in [0.29, 0.717) is 0 Å². The van der Waals surface area contributed by atoms with Gasteiger partial charge in [-0.15, -0.1) is 0 Å². The molecule has 0 spiro atoms. The maximum absolute atomic E-state index is 13.5. The Balaban J connectivity index is 1.14. The molecule has 5 rings (SSSR count). The lowest BCUT2D eigenvalue weighted by molar-refractivity contribution is -0.117. The van der Waals surface area contributed by atoms with Crippen molar-refractivity contribution >= 4 is 23.6 Å². The zero-order valence-corrected chi connectivity index (χ0v) is 21.1. The number of hydrogen-bond donors (Lipinski definition) is 1. The predicted octanol–water partition coefficient (Wildman–Crippen LogP) is 4.19. The molecule has 0 atom stereocenters. The molecular formula is C30H38N4O2. The summed E-state index contributed by atoms with van der Waals surface area (Å²) in [7, 11) is 0. The molecule has 6 nitrogen and oxygen atoms in total. The van der Waals surface area contributed by atoms with E-state index in [2.05, 4.69) is 21.2 Å². The molecule has 2 amide bonds. The van der Waals surface area contributed by atoms with Crippen LogP contribution in [0, 0.1) is 0 Å². The lowest BCUT2D eigenvalue weighted by Crippen LogP contribution is -2.51. The molecule has 0 bridgehead atoms. The van der Waals surface area contributed by atoms with Crippen molar-refractivity contribution in [2.45, 2.75) is 50.6 Å². The third-order valence-electron chi connectivity index (χ3n) is 7.99. The molecule has 1 aliphatic carbocycles. The second-order valence-electron chi connectivity index (χ2n) is 10.3. The summed E-state index contributed by atoms with van der Waals surface area (Å²) in [6.45, 7) is 5.26. The number of hydrogen-bond acceptors (Lipinski definition) is 4. The van der Waals surface area contributed by atoms with Gasteiger partial charge in [0.25, 0.3) is 5.91 Å². The highest BCUT2D eigenvalue weighted by Crippen LogP contribution is 2.28. The Morgan fingerprint density at radius 3 is 2.17 bits per heavy atom. The van der Waals surface area contributed by atoms with E-state index < -0.39 is 0 Å². The van der Waals surface area contributed by atoms with Crippen molar-refractivity contribution in [3.63, 3.8) is 0 Å². The van der Waals surface area contributed by atoms with Crippen molar-refractivity contribution < 1.29 is 9.59 Å². The maximum atomic E-state index is 13.5. The zero-order valence-electron chi connectivity index (χ0n) is 21.1. The number of carbonyl (C=O) groups excluding carboxylic acids is 2. The van der Waals surface area contributed by atoms with Gasteiger partial charge in [-0.05, 0) is 49.5 Å². The number of piperazine rings is 1. The SMILES string of the molecule is O=C(/C=C/c1ccccc1)NC1CCN(c2ccccc2C(=O)N2CCN(C3CCCC3)CC2)CC1. The van der Waals surface area contributed by atoms with Gasteiger partial charge in [-0.25, -0.2) is 0 Å². The maximum Gasteiger partial charge on any atom is 0.256 e. The summed E-state index contributed by atoms with van der Waals surface area (Å²) in [5, 5.41) is 3.15. The molecule has 36 heavy (non-hydrogen) atoms. The Labute approximate surface area is 215 Å². The second kappa shape index (κ2) is 11.7. The van der Waals surface area contributed by atoms with E-state index in [0.717, 1.165) is 75.0 Å². The van der Waals surface area contributed by atoms with Crippen LogP contribution in [0.4, 0.5) is 5.69 Å². The minimum absolute atomic E-state index is 0.0513. The monoisotopic (exact) mass is 486 g/mol. The smallest absolute Gasteiger partial charge is 0.256 e. The summed E-state index contributed by atoms with van der Waals surface area (Å²) in [6, 6.07) is 18.8. The second-order valence-corrected chi connectivity index (χ2v) is 10.3. The molecule has 6 heteroatoms. The standard InChI is InChI=1S/C30H38N4O2/c35-29(15-14-24-8-2-1-3-9-24)31-25-16-18-33(19-17-25)28-13-7-6-12-27(28)30(36)34-22-20-32(21-23-34)26-10-4-5-11-26/h1-3,6-9,12-15,25-26H,4-5,10-11,16-23H2,(H,31,35)/b15-14+. The Bertz CT molecular complexity index is 1050. The molecule has 3 aliphatic rings. The van der Waals surface area contributed by atoms with Crippen LogP contribution >= 0.6 is 0 Å². The van der Waals surface area contributed by atoms with Crippen molar-refractivity contribution in [2.75, 3.05) is 44.2 Å². The van der Waals surface area contributed by atoms with E-state index in [1.807, 2.05) is 59.5 Å². The fraction of sp³-hybridized carbons (Fsp3) is 0.467. The third kappa shape index (κ3) is 5.98. The van der Waals surface area contributed by atoms with E-state index >= 15 is 0 Å². The van der Waals surface area contributed by atoms with Crippen LogP contribution in [0.25, 0.3) is 6.08 Å². The normalized spacial score (nSPS) is 20.2. The van der Waals surface area contributed by atoms with Gasteiger partial charge in [-0.1, -0.05) is 55.3 Å². The Morgan fingerprint density at radius 1 is 0.778 bits per heavy atom. The average Bonchev–Trinajstić information content (AvgIpc) is 3.48. The molecule has 2 aromatic rings. The molecule has 0 radical (unpaired) electrons.